The third kappa shape index (κ3) is 5.28. The van der Waals surface area contributed by atoms with Crippen molar-refractivity contribution in [1.29, 1.82) is 0 Å². The van der Waals surface area contributed by atoms with Crippen molar-refractivity contribution in [2.75, 3.05) is 19.8 Å². The number of H-pyrrole nitrogens is 1. The molecule has 138 valence electrons. The predicted octanol–water partition coefficient (Wildman–Crippen LogP) is 3.21. The molecule has 0 aliphatic carbocycles. The molecule has 6 heteroatoms. The number of amides is 1. The number of benzene rings is 1. The molecule has 0 bridgehead atoms. The summed E-state index contributed by atoms with van der Waals surface area (Å²) in [5.74, 6) is 0.896. The molecule has 2 aromatic rings. The van der Waals surface area contributed by atoms with Gasteiger partial charge in [0.2, 0.25) is 5.91 Å². The standard InChI is InChI=1S/C19H29N3O3/c1-5-13(3)17(18-20-15-9-7-8-10-16(15)21-18)22-19(23)14(4)25-12-11-24-6-2/h7-10,13-14,17H,5-6,11-12H2,1-4H3,(H,20,21)(H,22,23)/t13-,14-,17-/m1/s1. The lowest BCUT2D eigenvalue weighted by atomic mass is 9.98. The van der Waals surface area contributed by atoms with Crippen molar-refractivity contribution in [2.45, 2.75) is 46.3 Å². The van der Waals surface area contributed by atoms with Crippen molar-refractivity contribution < 1.29 is 14.3 Å². The van der Waals surface area contributed by atoms with Gasteiger partial charge in [-0.05, 0) is 31.9 Å². The second-order valence-corrected chi connectivity index (χ2v) is 6.22. The molecule has 0 saturated carbocycles. The van der Waals surface area contributed by atoms with Gasteiger partial charge < -0.3 is 19.8 Å². The topological polar surface area (TPSA) is 76.2 Å². The lowest BCUT2D eigenvalue weighted by molar-refractivity contribution is -0.133. The molecule has 0 spiro atoms. The van der Waals surface area contributed by atoms with Gasteiger partial charge in [0.05, 0.1) is 30.3 Å². The van der Waals surface area contributed by atoms with Gasteiger partial charge >= 0.3 is 0 Å². The lowest BCUT2D eigenvalue weighted by Crippen LogP contribution is -2.40. The number of imidazole rings is 1. The highest BCUT2D eigenvalue weighted by Crippen LogP contribution is 2.24. The number of aromatic nitrogens is 2. The molecule has 3 atom stereocenters. The Balaban J connectivity index is 2.05. The van der Waals surface area contributed by atoms with Crippen LogP contribution in [0.4, 0.5) is 0 Å². The monoisotopic (exact) mass is 347 g/mol. The van der Waals surface area contributed by atoms with E-state index in [1.165, 1.54) is 0 Å². The van der Waals surface area contributed by atoms with Gasteiger partial charge in [0.1, 0.15) is 11.9 Å². The smallest absolute Gasteiger partial charge is 0.249 e. The van der Waals surface area contributed by atoms with E-state index in [1.54, 1.807) is 6.92 Å². The third-order valence-electron chi connectivity index (χ3n) is 4.38. The fraction of sp³-hybridized carbons (Fsp3) is 0.579. The number of carbonyl (C=O) groups excluding carboxylic acids is 1. The van der Waals surface area contributed by atoms with Crippen molar-refractivity contribution in [3.05, 3.63) is 30.1 Å². The summed E-state index contributed by atoms with van der Waals surface area (Å²) < 4.78 is 10.8. The first-order chi connectivity index (χ1) is 12.1. The van der Waals surface area contributed by atoms with E-state index in [0.29, 0.717) is 19.8 Å². The zero-order valence-electron chi connectivity index (χ0n) is 15.5. The molecule has 1 aromatic carbocycles. The van der Waals surface area contributed by atoms with Gasteiger partial charge in [0.25, 0.3) is 0 Å². The van der Waals surface area contributed by atoms with Crippen LogP contribution >= 0.6 is 0 Å². The van der Waals surface area contributed by atoms with Crippen LogP contribution in [0.15, 0.2) is 24.3 Å². The van der Waals surface area contributed by atoms with Crippen LogP contribution in [0.3, 0.4) is 0 Å². The quantitative estimate of drug-likeness (QED) is 0.647. The molecule has 25 heavy (non-hydrogen) atoms. The second-order valence-electron chi connectivity index (χ2n) is 6.22. The number of ether oxygens (including phenoxy) is 2. The van der Waals surface area contributed by atoms with Crippen LogP contribution in [0.5, 0.6) is 0 Å². The van der Waals surface area contributed by atoms with Crippen LogP contribution in [0.1, 0.15) is 46.0 Å². The number of carbonyl (C=O) groups is 1. The molecule has 0 unspecified atom stereocenters. The summed E-state index contributed by atoms with van der Waals surface area (Å²) in [6.45, 7) is 9.45. The third-order valence-corrected chi connectivity index (χ3v) is 4.38. The molecule has 0 radical (unpaired) electrons. The van der Waals surface area contributed by atoms with Gasteiger partial charge in [-0.2, -0.15) is 0 Å². The number of aromatic amines is 1. The number of hydrogen-bond acceptors (Lipinski definition) is 4. The van der Waals surface area contributed by atoms with Gasteiger partial charge in [-0.15, -0.1) is 0 Å². The molecule has 1 amide bonds. The van der Waals surface area contributed by atoms with E-state index >= 15 is 0 Å². The summed E-state index contributed by atoms with van der Waals surface area (Å²) >= 11 is 0. The summed E-state index contributed by atoms with van der Waals surface area (Å²) in [6, 6.07) is 7.70. The van der Waals surface area contributed by atoms with E-state index in [0.717, 1.165) is 23.3 Å². The summed E-state index contributed by atoms with van der Waals surface area (Å²) in [7, 11) is 0. The Kier molecular flexibility index (Phi) is 7.40. The predicted molar refractivity (Wildman–Crippen MR) is 98.3 cm³/mol. The molecule has 0 aliphatic heterocycles. The average molecular weight is 347 g/mol. The van der Waals surface area contributed by atoms with Crippen molar-refractivity contribution in [1.82, 2.24) is 15.3 Å². The summed E-state index contributed by atoms with van der Waals surface area (Å²) in [4.78, 5) is 20.5. The summed E-state index contributed by atoms with van der Waals surface area (Å²) in [5, 5.41) is 3.09. The molecule has 0 saturated heterocycles. The molecule has 2 rings (SSSR count). The Morgan fingerprint density at radius 2 is 2.00 bits per heavy atom. The maximum Gasteiger partial charge on any atom is 0.249 e. The van der Waals surface area contributed by atoms with E-state index in [2.05, 4.69) is 29.1 Å². The van der Waals surface area contributed by atoms with Crippen LogP contribution in [0, 0.1) is 5.92 Å². The SMILES string of the molecule is CCOCCO[C@H](C)C(=O)N[C@@H](c1nc2ccccc2[nH]1)[C@H](C)CC. The van der Waals surface area contributed by atoms with Crippen molar-refractivity contribution >= 4 is 16.9 Å². The van der Waals surface area contributed by atoms with Crippen molar-refractivity contribution in [2.24, 2.45) is 5.92 Å². The van der Waals surface area contributed by atoms with Gasteiger partial charge in [-0.25, -0.2) is 4.98 Å². The Bertz CT molecular complexity index is 638. The molecular weight excluding hydrogens is 318 g/mol. The number of nitrogens with one attached hydrogen (secondary N) is 2. The summed E-state index contributed by atoms with van der Waals surface area (Å²) in [6.07, 6.45) is 0.401. The van der Waals surface area contributed by atoms with Gasteiger partial charge in [-0.3, -0.25) is 4.79 Å². The number of para-hydroxylation sites is 2. The second kappa shape index (κ2) is 9.53. The Hall–Kier alpha value is -1.92. The number of fused-ring (bicyclic) bond motifs is 1. The maximum atomic E-state index is 12.5. The highest BCUT2D eigenvalue weighted by molar-refractivity contribution is 5.81. The van der Waals surface area contributed by atoms with Crippen LogP contribution in [-0.4, -0.2) is 41.8 Å². The van der Waals surface area contributed by atoms with Gasteiger partial charge in [0, 0.05) is 6.61 Å². The van der Waals surface area contributed by atoms with E-state index in [1.807, 2.05) is 31.2 Å². The zero-order valence-corrected chi connectivity index (χ0v) is 15.5. The minimum atomic E-state index is -0.531. The van der Waals surface area contributed by atoms with Crippen molar-refractivity contribution in [3.63, 3.8) is 0 Å². The van der Waals surface area contributed by atoms with Crippen LogP contribution in [0.25, 0.3) is 11.0 Å². The fourth-order valence-electron chi connectivity index (χ4n) is 2.61. The highest BCUT2D eigenvalue weighted by Gasteiger charge is 2.25. The normalized spacial score (nSPS) is 15.0. The van der Waals surface area contributed by atoms with E-state index in [-0.39, 0.29) is 17.9 Å². The average Bonchev–Trinajstić information content (AvgIpc) is 3.05. The summed E-state index contributed by atoms with van der Waals surface area (Å²) in [5.41, 5.74) is 1.88. The first kappa shape index (κ1) is 19.4. The fourth-order valence-corrected chi connectivity index (χ4v) is 2.61. The minimum absolute atomic E-state index is 0.137. The first-order valence-corrected chi connectivity index (χ1v) is 9.01. The Labute approximate surface area is 149 Å². The van der Waals surface area contributed by atoms with E-state index < -0.39 is 6.10 Å². The molecule has 1 heterocycles. The molecular formula is C19H29N3O3. The number of rotatable bonds is 10. The van der Waals surface area contributed by atoms with Gasteiger partial charge in [0.15, 0.2) is 0 Å². The number of hydrogen-bond donors (Lipinski definition) is 2. The zero-order chi connectivity index (χ0) is 18.2. The highest BCUT2D eigenvalue weighted by atomic mass is 16.5. The van der Waals surface area contributed by atoms with E-state index in [4.69, 9.17) is 9.47 Å². The van der Waals surface area contributed by atoms with Gasteiger partial charge in [-0.1, -0.05) is 32.4 Å². The molecule has 2 N–H and O–H groups in total. The number of nitrogens with zero attached hydrogens (tertiary/aromatic N) is 1. The molecule has 0 aliphatic rings. The van der Waals surface area contributed by atoms with Crippen LogP contribution in [0.2, 0.25) is 0 Å². The van der Waals surface area contributed by atoms with Crippen LogP contribution < -0.4 is 5.32 Å². The van der Waals surface area contributed by atoms with Crippen molar-refractivity contribution in [3.8, 4) is 0 Å². The van der Waals surface area contributed by atoms with E-state index in [9.17, 15) is 4.79 Å². The molecule has 1 aromatic heterocycles. The van der Waals surface area contributed by atoms with Crippen LogP contribution in [-0.2, 0) is 14.3 Å². The first-order valence-electron chi connectivity index (χ1n) is 9.01. The Morgan fingerprint density at radius 3 is 2.68 bits per heavy atom. The molecule has 0 fully saturated rings. The minimum Gasteiger partial charge on any atom is -0.379 e. The maximum absolute atomic E-state index is 12.5. The molecule has 6 nitrogen and oxygen atoms in total. The largest absolute Gasteiger partial charge is 0.379 e. The Morgan fingerprint density at radius 1 is 1.24 bits per heavy atom. The lowest BCUT2D eigenvalue weighted by Gasteiger charge is -2.24.